The molecule has 0 aliphatic heterocycles. The van der Waals surface area contributed by atoms with Gasteiger partial charge in [-0.25, -0.2) is 8.42 Å². The number of benzene rings is 1. The Hall–Kier alpha value is -1.36. The van der Waals surface area contributed by atoms with E-state index < -0.39 is 21.1 Å². The number of hydrogen-bond donors (Lipinski definition) is 0. The molecule has 1 atom stereocenters. The summed E-state index contributed by atoms with van der Waals surface area (Å²) in [6, 6.07) is 5.68. The minimum absolute atomic E-state index is 0.126. The standard InChI is InChI=1S/C16H24O4S/c1-5-7-15(16(17)20-6-2)21(18,19)11-14-9-12(3)8-13(4)10-14/h8-10,15H,5-7,11H2,1-4H3. The monoisotopic (exact) mass is 312 g/mol. The first-order valence-electron chi connectivity index (χ1n) is 7.25. The highest BCUT2D eigenvalue weighted by molar-refractivity contribution is 7.92. The molecule has 1 rings (SSSR count). The third-order valence-electron chi connectivity index (χ3n) is 3.18. The molecule has 0 spiro atoms. The van der Waals surface area contributed by atoms with E-state index in [9.17, 15) is 13.2 Å². The van der Waals surface area contributed by atoms with Crippen LogP contribution >= 0.6 is 0 Å². The normalized spacial score (nSPS) is 13.0. The molecule has 1 aromatic carbocycles. The van der Waals surface area contributed by atoms with Crippen LogP contribution in [-0.2, 0) is 25.1 Å². The zero-order valence-electron chi connectivity index (χ0n) is 13.2. The number of hydrogen-bond acceptors (Lipinski definition) is 4. The summed E-state index contributed by atoms with van der Waals surface area (Å²) in [5.74, 6) is -0.761. The molecule has 0 aromatic heterocycles. The predicted octanol–water partition coefficient (Wildman–Crippen LogP) is 2.95. The Balaban J connectivity index is 3.03. The van der Waals surface area contributed by atoms with Crippen LogP contribution in [0.3, 0.4) is 0 Å². The molecule has 21 heavy (non-hydrogen) atoms. The van der Waals surface area contributed by atoms with Gasteiger partial charge in [0.25, 0.3) is 0 Å². The lowest BCUT2D eigenvalue weighted by molar-refractivity contribution is -0.142. The van der Waals surface area contributed by atoms with E-state index in [0.717, 1.165) is 16.7 Å². The summed E-state index contributed by atoms with van der Waals surface area (Å²) < 4.78 is 30.0. The van der Waals surface area contributed by atoms with Crippen molar-refractivity contribution in [2.45, 2.75) is 51.5 Å². The zero-order chi connectivity index (χ0) is 16.0. The number of esters is 1. The second-order valence-electron chi connectivity index (χ2n) is 5.33. The summed E-state index contributed by atoms with van der Waals surface area (Å²) in [7, 11) is -3.57. The van der Waals surface area contributed by atoms with Gasteiger partial charge in [-0.15, -0.1) is 0 Å². The van der Waals surface area contributed by atoms with Crippen molar-refractivity contribution in [3.8, 4) is 0 Å². The topological polar surface area (TPSA) is 60.4 Å². The van der Waals surface area contributed by atoms with Gasteiger partial charge in [0.2, 0.25) is 0 Å². The third kappa shape index (κ3) is 5.16. The van der Waals surface area contributed by atoms with E-state index in [1.165, 1.54) is 0 Å². The van der Waals surface area contributed by atoms with Gasteiger partial charge in [-0.2, -0.15) is 0 Å². The summed E-state index contributed by atoms with van der Waals surface area (Å²) in [5.41, 5.74) is 2.75. The first-order chi connectivity index (χ1) is 9.80. The van der Waals surface area contributed by atoms with E-state index in [4.69, 9.17) is 4.74 Å². The van der Waals surface area contributed by atoms with Crippen LogP contribution in [0.5, 0.6) is 0 Å². The SMILES string of the molecule is CCCC(C(=O)OCC)S(=O)(=O)Cc1cc(C)cc(C)c1. The Kier molecular flexibility index (Phi) is 6.40. The summed E-state index contributed by atoms with van der Waals surface area (Å²) in [5, 5.41) is -1.07. The van der Waals surface area contributed by atoms with E-state index in [0.29, 0.717) is 12.8 Å². The molecule has 0 N–H and O–H groups in total. The molecule has 0 saturated carbocycles. The number of rotatable bonds is 7. The molecule has 0 bridgehead atoms. The van der Waals surface area contributed by atoms with Crippen LogP contribution in [0.15, 0.2) is 18.2 Å². The van der Waals surface area contributed by atoms with Gasteiger partial charge in [0.1, 0.15) is 0 Å². The minimum atomic E-state index is -3.57. The Morgan fingerprint density at radius 2 is 1.71 bits per heavy atom. The zero-order valence-corrected chi connectivity index (χ0v) is 14.0. The Bertz CT molecular complexity index is 570. The summed E-state index contributed by atoms with van der Waals surface area (Å²) in [6.07, 6.45) is 0.918. The van der Waals surface area contributed by atoms with E-state index in [1.807, 2.05) is 39.0 Å². The summed E-state index contributed by atoms with van der Waals surface area (Å²) >= 11 is 0. The van der Waals surface area contributed by atoms with Gasteiger partial charge in [-0.1, -0.05) is 42.7 Å². The van der Waals surface area contributed by atoms with Crippen LogP contribution in [0.4, 0.5) is 0 Å². The van der Waals surface area contributed by atoms with E-state index >= 15 is 0 Å². The van der Waals surface area contributed by atoms with Gasteiger partial charge in [0, 0.05) is 0 Å². The second kappa shape index (κ2) is 7.59. The molecule has 118 valence electrons. The second-order valence-corrected chi connectivity index (χ2v) is 7.52. The molecule has 0 heterocycles. The van der Waals surface area contributed by atoms with Gasteiger partial charge in [0.05, 0.1) is 12.4 Å². The summed E-state index contributed by atoms with van der Waals surface area (Å²) in [6.45, 7) is 7.59. The molecule has 0 saturated heterocycles. The molecular weight excluding hydrogens is 288 g/mol. The molecule has 0 aliphatic carbocycles. The fourth-order valence-corrected chi connectivity index (χ4v) is 4.22. The molecule has 0 amide bonds. The van der Waals surface area contributed by atoms with Gasteiger partial charge in [-0.05, 0) is 32.8 Å². The smallest absolute Gasteiger partial charge is 0.324 e. The van der Waals surface area contributed by atoms with Crippen LogP contribution in [-0.4, -0.2) is 26.2 Å². The number of aryl methyl sites for hydroxylation is 2. The lowest BCUT2D eigenvalue weighted by Crippen LogP contribution is -2.33. The molecule has 0 aliphatic rings. The van der Waals surface area contributed by atoms with E-state index in [1.54, 1.807) is 6.92 Å². The molecular formula is C16H24O4S. The number of carbonyl (C=O) groups excluding carboxylic acids is 1. The van der Waals surface area contributed by atoms with Crippen molar-refractivity contribution in [2.24, 2.45) is 0 Å². The highest BCUT2D eigenvalue weighted by Gasteiger charge is 2.33. The molecule has 0 fully saturated rings. The van der Waals surface area contributed by atoms with Gasteiger partial charge in [-0.3, -0.25) is 4.79 Å². The van der Waals surface area contributed by atoms with Crippen LogP contribution in [0.1, 0.15) is 43.4 Å². The van der Waals surface area contributed by atoms with E-state index in [2.05, 4.69) is 0 Å². The highest BCUT2D eigenvalue weighted by Crippen LogP contribution is 2.19. The Labute approximate surface area is 127 Å². The Morgan fingerprint density at radius 1 is 1.14 bits per heavy atom. The quantitative estimate of drug-likeness (QED) is 0.726. The maximum Gasteiger partial charge on any atom is 0.324 e. The fraction of sp³-hybridized carbons (Fsp3) is 0.562. The van der Waals surface area contributed by atoms with Crippen LogP contribution in [0, 0.1) is 13.8 Å². The maximum atomic E-state index is 12.5. The molecule has 1 unspecified atom stereocenters. The van der Waals surface area contributed by atoms with Crippen molar-refractivity contribution in [3.63, 3.8) is 0 Å². The van der Waals surface area contributed by atoms with E-state index in [-0.39, 0.29) is 12.4 Å². The Morgan fingerprint density at radius 3 is 2.19 bits per heavy atom. The largest absolute Gasteiger partial charge is 0.465 e. The average Bonchev–Trinajstić information content (AvgIpc) is 2.33. The fourth-order valence-electron chi connectivity index (χ4n) is 2.43. The molecule has 0 radical (unpaired) electrons. The molecule has 5 heteroatoms. The lowest BCUT2D eigenvalue weighted by atomic mass is 10.1. The van der Waals surface area contributed by atoms with Gasteiger partial charge in [0.15, 0.2) is 15.1 Å². The number of sulfone groups is 1. The third-order valence-corrected chi connectivity index (χ3v) is 5.21. The van der Waals surface area contributed by atoms with Crippen LogP contribution in [0.2, 0.25) is 0 Å². The van der Waals surface area contributed by atoms with Crippen molar-refractivity contribution < 1.29 is 17.9 Å². The van der Waals surface area contributed by atoms with Crippen molar-refractivity contribution in [2.75, 3.05) is 6.61 Å². The number of ether oxygens (including phenoxy) is 1. The number of carbonyl (C=O) groups is 1. The predicted molar refractivity (Wildman–Crippen MR) is 83.9 cm³/mol. The summed E-state index contributed by atoms with van der Waals surface area (Å²) in [4.78, 5) is 11.9. The van der Waals surface area contributed by atoms with Crippen LogP contribution < -0.4 is 0 Å². The van der Waals surface area contributed by atoms with Gasteiger partial charge < -0.3 is 4.74 Å². The maximum absolute atomic E-state index is 12.5. The van der Waals surface area contributed by atoms with Crippen molar-refractivity contribution in [3.05, 3.63) is 34.9 Å². The molecule has 4 nitrogen and oxygen atoms in total. The first kappa shape index (κ1) is 17.7. The lowest BCUT2D eigenvalue weighted by Gasteiger charge is -2.16. The molecule has 1 aromatic rings. The first-order valence-corrected chi connectivity index (χ1v) is 8.97. The van der Waals surface area contributed by atoms with Crippen molar-refractivity contribution in [1.82, 2.24) is 0 Å². The van der Waals surface area contributed by atoms with Crippen molar-refractivity contribution >= 4 is 15.8 Å². The minimum Gasteiger partial charge on any atom is -0.465 e. The highest BCUT2D eigenvalue weighted by atomic mass is 32.2. The van der Waals surface area contributed by atoms with Crippen molar-refractivity contribution in [1.29, 1.82) is 0 Å². The van der Waals surface area contributed by atoms with Crippen LogP contribution in [0.25, 0.3) is 0 Å². The average molecular weight is 312 g/mol. The van der Waals surface area contributed by atoms with Gasteiger partial charge >= 0.3 is 5.97 Å².